The fraction of sp³-hybridized carbons (Fsp3) is 0.485. The molecule has 2 aromatic carbocycles. The van der Waals surface area contributed by atoms with Gasteiger partial charge in [-0.3, -0.25) is 14.8 Å². The molecule has 0 fully saturated rings. The van der Waals surface area contributed by atoms with Crippen LogP contribution in [0.4, 0.5) is 14.4 Å². The molecule has 0 spiro atoms. The Bertz CT molecular complexity index is 1350. The average Bonchev–Trinajstić information content (AvgIpc) is 3.26. The van der Waals surface area contributed by atoms with Crippen molar-refractivity contribution in [3.8, 4) is 11.1 Å². The van der Waals surface area contributed by atoms with Crippen LogP contribution in [0, 0.1) is 0 Å². The Hall–Kier alpha value is -3.61. The van der Waals surface area contributed by atoms with Gasteiger partial charge in [-0.2, -0.15) is 0 Å². The van der Waals surface area contributed by atoms with Crippen LogP contribution in [0.15, 0.2) is 53.5 Å². The summed E-state index contributed by atoms with van der Waals surface area (Å²) in [4.78, 5) is 56.5. The van der Waals surface area contributed by atoms with Crippen LogP contribution in [0.25, 0.3) is 11.1 Å². The van der Waals surface area contributed by atoms with E-state index in [4.69, 9.17) is 14.2 Å². The van der Waals surface area contributed by atoms with E-state index in [9.17, 15) is 24.3 Å². The van der Waals surface area contributed by atoms with Crippen molar-refractivity contribution in [2.75, 3.05) is 27.2 Å². The SMILES string of the molecule is CN(C(=O)OC(C)(C)C)C(=NCCCC(NC(=O)OCC1c2ccccc2-c2ccccc21)C(=O)[O-])N(C)C(=O)OC(C)(C)C.[Na+]. The number of carbonyl (C=O) groups is 4. The molecule has 3 rings (SSSR count). The largest absolute Gasteiger partial charge is 1.00 e. The summed E-state index contributed by atoms with van der Waals surface area (Å²) in [7, 11) is 2.80. The van der Waals surface area contributed by atoms with Gasteiger partial charge in [-0.05, 0) is 76.6 Å². The summed E-state index contributed by atoms with van der Waals surface area (Å²) in [5.41, 5.74) is 2.61. The van der Waals surface area contributed by atoms with Gasteiger partial charge in [0.1, 0.15) is 17.8 Å². The third-order valence-electron chi connectivity index (χ3n) is 6.76. The van der Waals surface area contributed by atoms with Gasteiger partial charge in [0.05, 0.1) is 12.0 Å². The third-order valence-corrected chi connectivity index (χ3v) is 6.76. The van der Waals surface area contributed by atoms with Gasteiger partial charge < -0.3 is 29.4 Å². The zero-order valence-electron chi connectivity index (χ0n) is 28.2. The molecule has 2 aromatic rings. The van der Waals surface area contributed by atoms with Gasteiger partial charge in [0.2, 0.25) is 5.96 Å². The molecular weight excluding hydrogens is 603 g/mol. The second kappa shape index (κ2) is 16.3. The number of rotatable bonds is 8. The van der Waals surface area contributed by atoms with Crippen LogP contribution in [0.1, 0.15) is 71.4 Å². The summed E-state index contributed by atoms with van der Waals surface area (Å²) in [5, 5.41) is 14.2. The fourth-order valence-electron chi connectivity index (χ4n) is 4.77. The van der Waals surface area contributed by atoms with Crippen molar-refractivity contribution in [2.45, 2.75) is 77.5 Å². The van der Waals surface area contributed by atoms with Crippen molar-refractivity contribution in [3.05, 3.63) is 59.7 Å². The minimum Gasteiger partial charge on any atom is -0.548 e. The van der Waals surface area contributed by atoms with Crippen LogP contribution >= 0.6 is 0 Å². The van der Waals surface area contributed by atoms with Crippen LogP contribution < -0.4 is 40.0 Å². The molecule has 244 valence electrons. The molecule has 0 heterocycles. The maximum absolute atomic E-state index is 12.8. The molecule has 3 amide bonds. The molecule has 1 atom stereocenters. The second-order valence-corrected chi connectivity index (χ2v) is 12.7. The summed E-state index contributed by atoms with van der Waals surface area (Å²) in [6, 6.07) is 14.4. The fourth-order valence-corrected chi connectivity index (χ4v) is 4.77. The number of fused-ring (bicyclic) bond motifs is 3. The minimum absolute atomic E-state index is 0. The van der Waals surface area contributed by atoms with Crippen molar-refractivity contribution in [2.24, 2.45) is 4.99 Å². The van der Waals surface area contributed by atoms with E-state index < -0.39 is 41.5 Å². The van der Waals surface area contributed by atoms with E-state index in [0.29, 0.717) is 0 Å². The Kier molecular flexibility index (Phi) is 13.7. The molecule has 0 saturated heterocycles. The zero-order valence-corrected chi connectivity index (χ0v) is 30.2. The van der Waals surface area contributed by atoms with E-state index in [2.05, 4.69) is 10.3 Å². The molecule has 12 nitrogen and oxygen atoms in total. The number of aliphatic imine (C=N–C) groups is 1. The Morgan fingerprint density at radius 3 is 1.74 bits per heavy atom. The molecule has 13 heteroatoms. The minimum atomic E-state index is -1.48. The number of nitrogens with one attached hydrogen (secondary N) is 1. The Labute approximate surface area is 292 Å². The Morgan fingerprint density at radius 2 is 1.30 bits per heavy atom. The van der Waals surface area contributed by atoms with Gasteiger partial charge >= 0.3 is 47.8 Å². The number of nitrogens with zero attached hydrogens (tertiary/aromatic N) is 3. The number of hydrogen-bond acceptors (Lipinski definition) is 9. The molecule has 0 bridgehead atoms. The van der Waals surface area contributed by atoms with Crippen molar-refractivity contribution in [1.82, 2.24) is 15.1 Å². The number of aliphatic carboxylic acids is 1. The Balaban J connectivity index is 0.00000736. The van der Waals surface area contributed by atoms with Crippen LogP contribution in [0.2, 0.25) is 0 Å². The smallest absolute Gasteiger partial charge is 0.548 e. The summed E-state index contributed by atoms with van der Waals surface area (Å²) in [5.74, 6) is -1.72. The number of amides is 3. The maximum atomic E-state index is 12.8. The molecule has 1 N–H and O–H groups in total. The molecule has 0 aliphatic heterocycles. The molecule has 0 radical (unpaired) electrons. The van der Waals surface area contributed by atoms with E-state index in [0.717, 1.165) is 32.1 Å². The normalized spacial score (nSPS) is 12.8. The molecule has 1 unspecified atom stereocenters. The molecule has 1 aliphatic carbocycles. The standard InChI is InChI=1S/C33H44N4O8.Na/c1-32(2,3)44-30(41)36(7)28(37(8)31(42)45-33(4,5)6)34-19-13-18-26(27(38)39)35-29(40)43-20-25-23-16-11-9-14-21(23)22-15-10-12-17-24(22)25;/h9-12,14-17,25-26H,13,18-20H2,1-8H3,(H,35,40)(H,38,39);/q;+1/p-1. The van der Waals surface area contributed by atoms with Gasteiger partial charge in [-0.15, -0.1) is 0 Å². The van der Waals surface area contributed by atoms with Gasteiger partial charge in [0.15, 0.2) is 0 Å². The van der Waals surface area contributed by atoms with Crippen LogP contribution in [0.3, 0.4) is 0 Å². The summed E-state index contributed by atoms with van der Waals surface area (Å²) in [6.07, 6.45) is -2.27. The predicted molar refractivity (Wildman–Crippen MR) is 167 cm³/mol. The topological polar surface area (TPSA) is 150 Å². The van der Waals surface area contributed by atoms with Crippen LogP contribution in [-0.2, 0) is 19.0 Å². The maximum Gasteiger partial charge on any atom is 1.00 e. The summed E-state index contributed by atoms with van der Waals surface area (Å²) in [6.45, 7) is 10.3. The first-order valence-corrected chi connectivity index (χ1v) is 14.8. The number of alkyl carbamates (subject to hydrolysis) is 1. The van der Waals surface area contributed by atoms with Gasteiger partial charge in [0.25, 0.3) is 0 Å². The van der Waals surface area contributed by atoms with Crippen molar-refractivity contribution >= 4 is 30.2 Å². The second-order valence-electron chi connectivity index (χ2n) is 12.7. The zero-order chi connectivity index (χ0) is 33.5. The molecule has 1 aliphatic rings. The number of ether oxygens (including phenoxy) is 3. The predicted octanol–water partition coefficient (Wildman–Crippen LogP) is 1.52. The van der Waals surface area contributed by atoms with Crippen molar-refractivity contribution in [1.29, 1.82) is 0 Å². The first kappa shape index (κ1) is 38.6. The number of hydrogen-bond donors (Lipinski definition) is 1. The molecule has 0 aromatic heterocycles. The first-order valence-electron chi connectivity index (χ1n) is 14.8. The molecular formula is C33H43N4NaO8. The number of benzene rings is 2. The van der Waals surface area contributed by atoms with E-state index in [1.807, 2.05) is 48.5 Å². The van der Waals surface area contributed by atoms with Gasteiger partial charge in [-0.25, -0.2) is 14.4 Å². The number of carboxylic acid groups (broad SMARTS) is 1. The Morgan fingerprint density at radius 1 is 0.848 bits per heavy atom. The summed E-state index contributed by atoms with van der Waals surface area (Å²) >= 11 is 0. The van der Waals surface area contributed by atoms with Crippen molar-refractivity contribution < 1.29 is 68.1 Å². The summed E-state index contributed by atoms with van der Waals surface area (Å²) < 4.78 is 16.3. The van der Waals surface area contributed by atoms with E-state index in [1.54, 1.807) is 41.5 Å². The van der Waals surface area contributed by atoms with E-state index in [1.165, 1.54) is 14.1 Å². The number of guanidine groups is 1. The number of carbonyl (C=O) groups excluding carboxylic acids is 4. The first-order chi connectivity index (χ1) is 21.0. The van der Waals surface area contributed by atoms with Crippen molar-refractivity contribution in [3.63, 3.8) is 0 Å². The van der Waals surface area contributed by atoms with Gasteiger partial charge in [0, 0.05) is 26.6 Å². The quantitative estimate of drug-likeness (QED) is 0.149. The third kappa shape index (κ3) is 10.7. The monoisotopic (exact) mass is 646 g/mol. The average molecular weight is 647 g/mol. The van der Waals surface area contributed by atoms with Crippen LogP contribution in [-0.4, -0.2) is 84.5 Å². The number of carboxylic acids is 1. The molecule has 46 heavy (non-hydrogen) atoms. The molecule has 0 saturated carbocycles. The van der Waals surface area contributed by atoms with E-state index >= 15 is 0 Å². The van der Waals surface area contributed by atoms with E-state index in [-0.39, 0.29) is 67.4 Å². The van der Waals surface area contributed by atoms with Crippen LogP contribution in [0.5, 0.6) is 0 Å². The van der Waals surface area contributed by atoms with Gasteiger partial charge in [-0.1, -0.05) is 48.5 Å².